The number of ether oxygens (including phenoxy) is 2. The van der Waals surface area contributed by atoms with Gasteiger partial charge in [-0.3, -0.25) is 19.1 Å². The van der Waals surface area contributed by atoms with Gasteiger partial charge >= 0.3 is 5.97 Å². The van der Waals surface area contributed by atoms with E-state index in [0.717, 1.165) is 0 Å². The Morgan fingerprint density at radius 1 is 1.38 bits per heavy atom. The smallest absolute Gasteiger partial charge is 0.306 e. The van der Waals surface area contributed by atoms with Crippen LogP contribution in [0.25, 0.3) is 0 Å². The lowest BCUT2D eigenvalue weighted by Gasteiger charge is -2.11. The summed E-state index contributed by atoms with van der Waals surface area (Å²) >= 11 is 0. The minimum absolute atomic E-state index is 0.0369. The lowest BCUT2D eigenvalue weighted by molar-refractivity contribution is -0.385. The van der Waals surface area contributed by atoms with Crippen LogP contribution in [0.3, 0.4) is 0 Å². The lowest BCUT2D eigenvalue weighted by Crippen LogP contribution is -2.18. The zero-order chi connectivity index (χ0) is 16.0. The molecule has 7 nitrogen and oxygen atoms in total. The van der Waals surface area contributed by atoms with Crippen LogP contribution in [-0.2, 0) is 26.1 Å². The van der Waals surface area contributed by atoms with Gasteiger partial charge in [-0.25, -0.2) is 0 Å². The number of rotatable bonds is 7. The molecule has 2 unspecified atom stereocenters. The largest absolute Gasteiger partial charge is 0.496 e. The molecule has 0 aliphatic rings. The van der Waals surface area contributed by atoms with Gasteiger partial charge in [-0.2, -0.15) is 0 Å². The average Bonchev–Trinajstić information content (AvgIpc) is 2.46. The number of hydrogen-bond acceptors (Lipinski definition) is 6. The fourth-order valence-electron chi connectivity index (χ4n) is 1.67. The molecule has 0 amide bonds. The Kier molecular flexibility index (Phi) is 6.29. The Labute approximate surface area is 124 Å². The number of non-ortho nitro benzene ring substituents is 1. The molecule has 0 heterocycles. The SMILES string of the molecule is COC(=O)CC(C)S(=O)Cc1cc(OC)cc([N+](=O)[O-])c1. The maximum atomic E-state index is 12.1. The molecule has 116 valence electrons. The molecule has 0 saturated heterocycles. The summed E-state index contributed by atoms with van der Waals surface area (Å²) in [6, 6.07) is 4.24. The molecule has 1 rings (SSSR count). The predicted octanol–water partition coefficient (Wildman–Crippen LogP) is 1.80. The first kappa shape index (κ1) is 17.1. The molecular formula is C13H17NO6S. The molecule has 1 aromatic carbocycles. The molecule has 8 heteroatoms. The summed E-state index contributed by atoms with van der Waals surface area (Å²) in [4.78, 5) is 21.5. The van der Waals surface area contributed by atoms with Crippen LogP contribution < -0.4 is 4.74 Å². The van der Waals surface area contributed by atoms with E-state index in [2.05, 4.69) is 4.74 Å². The van der Waals surface area contributed by atoms with Gasteiger partial charge in [0.25, 0.3) is 5.69 Å². The fraction of sp³-hybridized carbons (Fsp3) is 0.462. The molecule has 0 fully saturated rings. The maximum Gasteiger partial charge on any atom is 0.306 e. The number of carbonyl (C=O) groups is 1. The van der Waals surface area contributed by atoms with Gasteiger partial charge in [0, 0.05) is 27.9 Å². The van der Waals surface area contributed by atoms with Crippen LogP contribution in [0.1, 0.15) is 18.9 Å². The van der Waals surface area contributed by atoms with Gasteiger partial charge in [0.15, 0.2) is 0 Å². The van der Waals surface area contributed by atoms with Crippen LogP contribution in [0, 0.1) is 10.1 Å². The zero-order valence-corrected chi connectivity index (χ0v) is 12.8. The standard InChI is InChI=1S/C13H17NO6S/c1-9(4-13(15)20-3)21(18)8-10-5-11(14(16)17)7-12(6-10)19-2/h5-7,9H,4,8H2,1-3H3. The van der Waals surface area contributed by atoms with Gasteiger partial charge in [0.1, 0.15) is 5.75 Å². The lowest BCUT2D eigenvalue weighted by atomic mass is 10.2. The second kappa shape index (κ2) is 7.72. The van der Waals surface area contributed by atoms with Crippen LogP contribution in [0.5, 0.6) is 5.75 Å². The van der Waals surface area contributed by atoms with Gasteiger partial charge in [-0.05, 0) is 11.6 Å². The summed E-state index contributed by atoms with van der Waals surface area (Å²) in [6.45, 7) is 1.67. The molecule has 0 spiro atoms. The highest BCUT2D eigenvalue weighted by Crippen LogP contribution is 2.24. The maximum absolute atomic E-state index is 12.1. The second-order valence-electron chi connectivity index (χ2n) is 4.41. The molecule has 0 radical (unpaired) electrons. The van der Waals surface area contributed by atoms with E-state index >= 15 is 0 Å². The highest BCUT2D eigenvalue weighted by atomic mass is 32.2. The van der Waals surface area contributed by atoms with E-state index in [0.29, 0.717) is 11.3 Å². The van der Waals surface area contributed by atoms with Gasteiger partial charge in [-0.1, -0.05) is 6.92 Å². The molecule has 1 aromatic rings. The first-order chi connectivity index (χ1) is 9.87. The number of nitro benzene ring substituents is 1. The fourth-order valence-corrected chi connectivity index (χ4v) is 2.77. The Morgan fingerprint density at radius 2 is 2.05 bits per heavy atom. The van der Waals surface area contributed by atoms with E-state index in [-0.39, 0.29) is 17.9 Å². The highest BCUT2D eigenvalue weighted by Gasteiger charge is 2.18. The molecule has 0 bridgehead atoms. The molecule has 21 heavy (non-hydrogen) atoms. The monoisotopic (exact) mass is 315 g/mol. The molecule has 0 aromatic heterocycles. The van der Waals surface area contributed by atoms with Crippen LogP contribution >= 0.6 is 0 Å². The van der Waals surface area contributed by atoms with Crippen molar-refractivity contribution >= 4 is 22.5 Å². The van der Waals surface area contributed by atoms with Crippen LogP contribution in [0.2, 0.25) is 0 Å². The number of esters is 1. The molecular weight excluding hydrogens is 298 g/mol. The van der Waals surface area contributed by atoms with E-state index in [1.54, 1.807) is 13.0 Å². The highest BCUT2D eigenvalue weighted by molar-refractivity contribution is 7.84. The van der Waals surface area contributed by atoms with E-state index in [4.69, 9.17) is 4.74 Å². The third kappa shape index (κ3) is 5.14. The Bertz CT molecular complexity index is 560. The number of carbonyl (C=O) groups excluding carboxylic acids is 1. The van der Waals surface area contributed by atoms with Crippen molar-refractivity contribution in [1.29, 1.82) is 0 Å². The molecule has 0 saturated carbocycles. The van der Waals surface area contributed by atoms with Gasteiger partial charge in [0.2, 0.25) is 0 Å². The van der Waals surface area contributed by atoms with Crippen molar-refractivity contribution in [1.82, 2.24) is 0 Å². The minimum Gasteiger partial charge on any atom is -0.496 e. The summed E-state index contributed by atoms with van der Waals surface area (Å²) in [6.07, 6.45) is 0.0369. The Morgan fingerprint density at radius 3 is 2.57 bits per heavy atom. The number of hydrogen-bond donors (Lipinski definition) is 0. The molecule has 2 atom stereocenters. The van der Waals surface area contributed by atoms with E-state index < -0.39 is 26.9 Å². The van der Waals surface area contributed by atoms with E-state index in [1.165, 1.54) is 26.4 Å². The first-order valence-electron chi connectivity index (χ1n) is 6.13. The van der Waals surface area contributed by atoms with Crippen molar-refractivity contribution < 1.29 is 23.4 Å². The van der Waals surface area contributed by atoms with Crippen LogP contribution in [-0.4, -0.2) is 34.6 Å². The van der Waals surface area contributed by atoms with Crippen molar-refractivity contribution in [2.24, 2.45) is 0 Å². The normalized spacial score (nSPS) is 13.3. The van der Waals surface area contributed by atoms with Gasteiger partial charge in [-0.15, -0.1) is 0 Å². The Balaban J connectivity index is 2.86. The van der Waals surface area contributed by atoms with Crippen molar-refractivity contribution in [3.8, 4) is 5.75 Å². The Hall–Kier alpha value is -1.96. The third-order valence-corrected chi connectivity index (χ3v) is 4.52. The van der Waals surface area contributed by atoms with Gasteiger partial charge < -0.3 is 9.47 Å². The molecule has 0 aliphatic heterocycles. The van der Waals surface area contributed by atoms with Crippen LogP contribution in [0.4, 0.5) is 5.69 Å². The molecule has 0 aliphatic carbocycles. The minimum atomic E-state index is -1.35. The summed E-state index contributed by atoms with van der Waals surface area (Å²) in [5.74, 6) is 0.000207. The zero-order valence-electron chi connectivity index (χ0n) is 12.0. The number of nitrogens with zero attached hydrogens (tertiary/aromatic N) is 1. The average molecular weight is 315 g/mol. The summed E-state index contributed by atoms with van der Waals surface area (Å²) in [7, 11) is 1.32. The number of methoxy groups -OCH3 is 2. The van der Waals surface area contributed by atoms with Gasteiger partial charge in [0.05, 0.1) is 31.6 Å². The predicted molar refractivity (Wildman–Crippen MR) is 77.6 cm³/mol. The second-order valence-corrected chi connectivity index (χ2v) is 6.27. The van der Waals surface area contributed by atoms with Crippen molar-refractivity contribution in [3.63, 3.8) is 0 Å². The summed E-state index contributed by atoms with van der Waals surface area (Å²) in [5, 5.41) is 10.4. The van der Waals surface area contributed by atoms with Crippen molar-refractivity contribution in [2.75, 3.05) is 14.2 Å². The molecule has 0 N–H and O–H groups in total. The van der Waals surface area contributed by atoms with Crippen molar-refractivity contribution in [2.45, 2.75) is 24.3 Å². The first-order valence-corrected chi connectivity index (χ1v) is 7.52. The van der Waals surface area contributed by atoms with Crippen LogP contribution in [0.15, 0.2) is 18.2 Å². The number of benzene rings is 1. The quantitative estimate of drug-likeness (QED) is 0.432. The summed E-state index contributed by atoms with van der Waals surface area (Å²) < 4.78 is 21.7. The third-order valence-electron chi connectivity index (χ3n) is 2.84. The van der Waals surface area contributed by atoms with E-state index in [1.807, 2.05) is 0 Å². The topological polar surface area (TPSA) is 95.7 Å². The van der Waals surface area contributed by atoms with Crippen molar-refractivity contribution in [3.05, 3.63) is 33.9 Å². The van der Waals surface area contributed by atoms with E-state index in [9.17, 15) is 19.1 Å². The summed E-state index contributed by atoms with van der Waals surface area (Å²) in [5.41, 5.74) is 0.401. The number of nitro groups is 1.